The average Bonchev–Trinajstić information content (AvgIpc) is 3.32. The molecule has 0 aliphatic carbocycles. The van der Waals surface area contributed by atoms with Gasteiger partial charge < -0.3 is 14.8 Å². The van der Waals surface area contributed by atoms with Crippen LogP contribution in [0.3, 0.4) is 0 Å². The first-order valence-electron chi connectivity index (χ1n) is 12.9. The van der Waals surface area contributed by atoms with Crippen LogP contribution >= 0.6 is 0 Å². The lowest BCUT2D eigenvalue weighted by Crippen LogP contribution is -2.18. The van der Waals surface area contributed by atoms with Crippen molar-refractivity contribution in [1.82, 2.24) is 15.2 Å². The summed E-state index contributed by atoms with van der Waals surface area (Å²) in [6, 6.07) is 12.2. The largest absolute Gasteiger partial charge is 0.785 e. The van der Waals surface area contributed by atoms with E-state index in [0.29, 0.717) is 27.9 Å². The zero-order chi connectivity index (χ0) is 25.8. The molecule has 1 heterocycles. The normalized spacial score (nSPS) is 11.9. The first-order chi connectivity index (χ1) is 17.4. The molecule has 0 N–H and O–H groups in total. The lowest BCUT2D eigenvalue weighted by Gasteiger charge is -2.29. The number of rotatable bonds is 15. The highest BCUT2D eigenvalue weighted by atomic mass is 19.4. The molecule has 5 nitrogen and oxygen atoms in total. The van der Waals surface area contributed by atoms with Crippen molar-refractivity contribution in [1.29, 1.82) is 0 Å². The monoisotopic (exact) mass is 502 g/mol. The first-order valence-corrected chi connectivity index (χ1v) is 12.9. The lowest BCUT2D eigenvalue weighted by atomic mass is 10.1. The molecule has 3 rings (SSSR count). The molecule has 0 saturated heterocycles. The number of nitrogens with zero attached hydrogens (tertiary/aromatic N) is 3. The molecule has 0 amide bonds. The van der Waals surface area contributed by atoms with Crippen molar-refractivity contribution < 1.29 is 17.7 Å². The summed E-state index contributed by atoms with van der Waals surface area (Å²) < 4.78 is 45.0. The Morgan fingerprint density at radius 1 is 0.861 bits per heavy atom. The third-order valence-corrected chi connectivity index (χ3v) is 6.17. The van der Waals surface area contributed by atoms with E-state index in [1.54, 1.807) is 18.2 Å². The van der Waals surface area contributed by atoms with E-state index in [4.69, 9.17) is 4.52 Å². The number of hydroxylamine groups is 2. The second-order valence-electron chi connectivity index (χ2n) is 9.25. The van der Waals surface area contributed by atoms with Gasteiger partial charge in [-0.3, -0.25) is 0 Å². The van der Waals surface area contributed by atoms with E-state index in [9.17, 15) is 18.4 Å². The predicted octanol–water partition coefficient (Wildman–Crippen LogP) is 8.33. The van der Waals surface area contributed by atoms with E-state index in [0.717, 1.165) is 25.3 Å². The summed E-state index contributed by atoms with van der Waals surface area (Å²) in [5.41, 5.74) is 0.507. The summed E-state index contributed by atoms with van der Waals surface area (Å²) in [6.07, 6.45) is 7.47. The highest BCUT2D eigenvalue weighted by Crippen LogP contribution is 2.32. The lowest BCUT2D eigenvalue weighted by molar-refractivity contribution is -0.138. The molecule has 0 radical (unpaired) electrons. The zero-order valence-electron chi connectivity index (χ0n) is 20.9. The number of unbranched alkanes of at least 4 members (excludes halogenated alkanes) is 8. The minimum absolute atomic E-state index is 0.0470. The van der Waals surface area contributed by atoms with Gasteiger partial charge in [-0.05, 0) is 35.7 Å². The molecule has 0 aliphatic heterocycles. The molecule has 0 saturated carbocycles. The maximum absolute atomic E-state index is 13.2. The standard InChI is InChI=1S/C28H35F3N3O2/c1-2-3-4-5-6-7-8-9-10-18-26-32-27(36-33-26)23-16-13-14-22(19-23)20-34(35)21-24-15-11-12-17-25(24)28(29,30)31/h11-17,19H,2-10,18,20-21H2,1H3/q-1. The Balaban J connectivity index is 1.48. The van der Waals surface area contributed by atoms with Crippen molar-refractivity contribution in [2.45, 2.75) is 90.4 Å². The molecule has 3 aromatic rings. The zero-order valence-corrected chi connectivity index (χ0v) is 20.9. The fraction of sp³-hybridized carbons (Fsp3) is 0.500. The number of aromatic nitrogens is 2. The molecular weight excluding hydrogens is 467 g/mol. The van der Waals surface area contributed by atoms with Crippen molar-refractivity contribution in [3.05, 3.63) is 76.3 Å². The van der Waals surface area contributed by atoms with E-state index in [1.807, 2.05) is 6.07 Å². The van der Waals surface area contributed by atoms with Gasteiger partial charge in [0, 0.05) is 25.1 Å². The van der Waals surface area contributed by atoms with Crippen LogP contribution in [0.1, 0.15) is 87.2 Å². The molecule has 196 valence electrons. The number of halogens is 3. The molecule has 36 heavy (non-hydrogen) atoms. The van der Waals surface area contributed by atoms with Crippen molar-refractivity contribution in [2.75, 3.05) is 0 Å². The molecule has 0 aliphatic rings. The van der Waals surface area contributed by atoms with Crippen molar-refractivity contribution in [3.63, 3.8) is 0 Å². The summed E-state index contributed by atoms with van der Waals surface area (Å²) in [7, 11) is 0. The van der Waals surface area contributed by atoms with E-state index in [2.05, 4.69) is 17.1 Å². The summed E-state index contributed by atoms with van der Waals surface area (Å²) >= 11 is 0. The van der Waals surface area contributed by atoms with Crippen LogP contribution in [0, 0.1) is 5.21 Å². The Kier molecular flexibility index (Phi) is 10.9. The number of alkyl halides is 3. The summed E-state index contributed by atoms with van der Waals surface area (Å²) in [6.45, 7) is 1.81. The Morgan fingerprint density at radius 3 is 2.28 bits per heavy atom. The Labute approximate surface area is 211 Å². The number of hydrogen-bond donors (Lipinski definition) is 0. The quantitative estimate of drug-likeness (QED) is 0.154. The van der Waals surface area contributed by atoms with Gasteiger partial charge in [0.2, 0.25) is 0 Å². The van der Waals surface area contributed by atoms with E-state index >= 15 is 0 Å². The van der Waals surface area contributed by atoms with Crippen molar-refractivity contribution in [3.8, 4) is 11.5 Å². The topological polar surface area (TPSA) is 65.2 Å². The number of hydrogen-bond acceptors (Lipinski definition) is 5. The fourth-order valence-electron chi connectivity index (χ4n) is 4.25. The van der Waals surface area contributed by atoms with Crippen molar-refractivity contribution >= 4 is 0 Å². The van der Waals surface area contributed by atoms with Crippen LogP contribution in [0.25, 0.3) is 11.5 Å². The van der Waals surface area contributed by atoms with Gasteiger partial charge in [-0.2, -0.15) is 18.2 Å². The van der Waals surface area contributed by atoms with Gasteiger partial charge in [0.15, 0.2) is 5.82 Å². The molecule has 0 bridgehead atoms. The molecule has 0 atom stereocenters. The van der Waals surface area contributed by atoms with Crippen LogP contribution in [0.2, 0.25) is 0 Å². The van der Waals surface area contributed by atoms with Gasteiger partial charge in [0.25, 0.3) is 5.89 Å². The first kappa shape index (κ1) is 27.9. The molecule has 0 spiro atoms. The number of benzene rings is 2. The van der Waals surface area contributed by atoms with Crippen molar-refractivity contribution in [2.24, 2.45) is 0 Å². The summed E-state index contributed by atoms with van der Waals surface area (Å²) in [5.74, 6) is 1.04. The van der Waals surface area contributed by atoms with Crippen LogP contribution in [-0.2, 0) is 25.7 Å². The highest BCUT2D eigenvalue weighted by molar-refractivity contribution is 5.54. The highest BCUT2D eigenvalue weighted by Gasteiger charge is 2.32. The van der Waals surface area contributed by atoms with Gasteiger partial charge in [-0.15, -0.1) is 0 Å². The number of aryl methyl sites for hydroxylation is 1. The van der Waals surface area contributed by atoms with Crippen LogP contribution < -0.4 is 0 Å². The third-order valence-electron chi connectivity index (χ3n) is 6.17. The van der Waals surface area contributed by atoms with E-state index in [-0.39, 0.29) is 18.7 Å². The maximum atomic E-state index is 13.2. The van der Waals surface area contributed by atoms with E-state index in [1.165, 1.54) is 63.1 Å². The predicted molar refractivity (Wildman–Crippen MR) is 135 cm³/mol. The van der Waals surface area contributed by atoms with Crippen LogP contribution in [0.5, 0.6) is 0 Å². The van der Waals surface area contributed by atoms with Gasteiger partial charge in [0.1, 0.15) is 0 Å². The van der Waals surface area contributed by atoms with Gasteiger partial charge in [-0.1, -0.05) is 93.8 Å². The van der Waals surface area contributed by atoms with Crippen LogP contribution in [-0.4, -0.2) is 15.2 Å². The van der Waals surface area contributed by atoms with Gasteiger partial charge in [-0.25, -0.2) is 0 Å². The average molecular weight is 503 g/mol. The minimum atomic E-state index is -4.50. The third kappa shape index (κ3) is 9.06. The molecule has 2 aromatic carbocycles. The molecular formula is C28H35F3N3O2-. The summed E-state index contributed by atoms with van der Waals surface area (Å²) in [5, 5.41) is 17.2. The van der Waals surface area contributed by atoms with Gasteiger partial charge >= 0.3 is 6.18 Å². The molecule has 8 heteroatoms. The van der Waals surface area contributed by atoms with Gasteiger partial charge in [0.05, 0.1) is 5.56 Å². The maximum Gasteiger partial charge on any atom is 0.416 e. The second kappa shape index (κ2) is 14.1. The summed E-state index contributed by atoms with van der Waals surface area (Å²) in [4.78, 5) is 4.48. The SMILES string of the molecule is CCCCCCCCCCCc1noc(-c2cccc(CN([O-])Cc3ccccc3C(F)(F)F)c2)n1. The fourth-order valence-corrected chi connectivity index (χ4v) is 4.25. The molecule has 0 fully saturated rings. The minimum Gasteiger partial charge on any atom is -0.785 e. The molecule has 1 aromatic heterocycles. The Hall–Kier alpha value is -2.71. The smallest absolute Gasteiger partial charge is 0.416 e. The van der Waals surface area contributed by atoms with E-state index < -0.39 is 11.7 Å². The second-order valence-corrected chi connectivity index (χ2v) is 9.25. The van der Waals surface area contributed by atoms with Crippen LogP contribution in [0.4, 0.5) is 13.2 Å². The van der Waals surface area contributed by atoms with Crippen LogP contribution in [0.15, 0.2) is 53.1 Å². The Morgan fingerprint density at radius 2 is 1.56 bits per heavy atom. The molecule has 0 unspecified atom stereocenters. The Bertz CT molecular complexity index is 1050.